The second kappa shape index (κ2) is 8.02. The lowest BCUT2D eigenvalue weighted by Crippen LogP contribution is -2.58. The van der Waals surface area contributed by atoms with Gasteiger partial charge in [-0.15, -0.1) is 0 Å². The number of hydrogen-bond donors (Lipinski definition) is 0. The maximum absolute atomic E-state index is 13.3. The summed E-state index contributed by atoms with van der Waals surface area (Å²) in [5.41, 5.74) is 1.94. The number of nitrogens with zero attached hydrogens (tertiary/aromatic N) is 3. The smallest absolute Gasteiger partial charge is 0.263 e. The number of para-hydroxylation sites is 1. The fraction of sp³-hybridized carbons (Fsp3) is 0.154. The van der Waals surface area contributed by atoms with E-state index in [9.17, 15) is 19.2 Å². The molecule has 0 atom stereocenters. The van der Waals surface area contributed by atoms with Gasteiger partial charge < -0.3 is 4.90 Å². The summed E-state index contributed by atoms with van der Waals surface area (Å²) in [5, 5.41) is 0. The van der Waals surface area contributed by atoms with Gasteiger partial charge >= 0.3 is 0 Å². The van der Waals surface area contributed by atoms with Gasteiger partial charge in [0.15, 0.2) is 0 Å². The highest BCUT2D eigenvalue weighted by atomic mass is 16.2. The fourth-order valence-corrected chi connectivity index (χ4v) is 4.49. The number of fused-ring (bicyclic) bond motifs is 2. The van der Waals surface area contributed by atoms with Crippen molar-refractivity contribution in [3.63, 3.8) is 0 Å². The highest BCUT2D eigenvalue weighted by molar-refractivity contribution is 6.24. The van der Waals surface area contributed by atoms with E-state index in [1.54, 1.807) is 48.5 Å². The van der Waals surface area contributed by atoms with Crippen LogP contribution in [-0.2, 0) is 0 Å². The summed E-state index contributed by atoms with van der Waals surface area (Å²) in [4.78, 5) is 57.4. The van der Waals surface area contributed by atoms with Gasteiger partial charge in [0, 0.05) is 12.2 Å². The molecule has 2 aliphatic rings. The standard InChI is InChI=1S/C26H21N3O4/c1-2-27(17-10-4-3-5-11-17)16-22(28-23(30)18-12-6-7-13-19(18)24(28)31)29-25(32)20-14-8-9-15-21(20)26(29)33/h3-15,22H,2,16H2,1H3. The Morgan fingerprint density at radius 3 is 1.33 bits per heavy atom. The maximum atomic E-state index is 13.3. The summed E-state index contributed by atoms with van der Waals surface area (Å²) in [6.07, 6.45) is -1.11. The number of carbonyl (C=O) groups excluding carboxylic acids is 4. The second-order valence-electron chi connectivity index (χ2n) is 7.91. The molecule has 0 saturated heterocycles. The molecule has 0 spiro atoms. The number of rotatable bonds is 6. The molecule has 2 aliphatic heterocycles. The van der Waals surface area contributed by atoms with Crippen molar-refractivity contribution in [3.05, 3.63) is 101 Å². The maximum Gasteiger partial charge on any atom is 0.263 e. The average Bonchev–Trinajstić information content (AvgIpc) is 3.26. The van der Waals surface area contributed by atoms with Crippen LogP contribution in [0.2, 0.25) is 0 Å². The van der Waals surface area contributed by atoms with Crippen LogP contribution in [0.5, 0.6) is 0 Å². The Kier molecular flexibility index (Phi) is 5.01. The number of benzene rings is 3. The summed E-state index contributed by atoms with van der Waals surface area (Å²) in [6, 6.07) is 22.6. The molecule has 0 N–H and O–H groups in total. The van der Waals surface area contributed by atoms with Gasteiger partial charge in [0.1, 0.15) is 6.17 Å². The first-order valence-electron chi connectivity index (χ1n) is 10.8. The van der Waals surface area contributed by atoms with Gasteiger partial charge in [0.2, 0.25) is 0 Å². The topological polar surface area (TPSA) is 78.0 Å². The van der Waals surface area contributed by atoms with Crippen molar-refractivity contribution in [2.45, 2.75) is 13.1 Å². The quantitative estimate of drug-likeness (QED) is 0.550. The molecule has 0 unspecified atom stereocenters. The zero-order valence-electron chi connectivity index (χ0n) is 18.0. The Morgan fingerprint density at radius 2 is 0.970 bits per heavy atom. The third-order valence-corrected chi connectivity index (χ3v) is 6.13. The third kappa shape index (κ3) is 3.20. The lowest BCUT2D eigenvalue weighted by atomic mass is 10.1. The normalized spacial score (nSPS) is 14.8. The molecule has 0 saturated carbocycles. The summed E-state index contributed by atoms with van der Waals surface area (Å²) in [5.74, 6) is -2.05. The fourth-order valence-electron chi connectivity index (χ4n) is 4.49. The van der Waals surface area contributed by atoms with Crippen LogP contribution in [0.1, 0.15) is 48.4 Å². The lowest BCUT2D eigenvalue weighted by molar-refractivity contribution is 0.0302. The van der Waals surface area contributed by atoms with E-state index in [4.69, 9.17) is 0 Å². The molecule has 2 heterocycles. The molecule has 3 aromatic carbocycles. The average molecular weight is 439 g/mol. The number of hydrogen-bond acceptors (Lipinski definition) is 5. The summed E-state index contributed by atoms with van der Waals surface area (Å²) < 4.78 is 0. The van der Waals surface area contributed by atoms with Crippen molar-refractivity contribution >= 4 is 29.3 Å². The van der Waals surface area contributed by atoms with Crippen LogP contribution in [-0.4, -0.2) is 52.7 Å². The van der Waals surface area contributed by atoms with Gasteiger partial charge in [0.05, 0.1) is 28.8 Å². The van der Waals surface area contributed by atoms with E-state index in [1.807, 2.05) is 42.2 Å². The predicted molar refractivity (Wildman–Crippen MR) is 122 cm³/mol. The van der Waals surface area contributed by atoms with E-state index >= 15 is 0 Å². The van der Waals surface area contributed by atoms with Crippen LogP contribution in [0, 0.1) is 0 Å². The van der Waals surface area contributed by atoms with E-state index in [0.717, 1.165) is 15.5 Å². The number of imide groups is 2. The van der Waals surface area contributed by atoms with Crippen molar-refractivity contribution in [2.75, 3.05) is 18.0 Å². The van der Waals surface area contributed by atoms with Gasteiger partial charge in [-0.25, -0.2) is 0 Å². The van der Waals surface area contributed by atoms with Crippen LogP contribution in [0.25, 0.3) is 0 Å². The van der Waals surface area contributed by atoms with Crippen LogP contribution < -0.4 is 4.90 Å². The minimum Gasteiger partial charge on any atom is -0.368 e. The molecule has 3 aromatic rings. The minimum absolute atomic E-state index is 0.0947. The van der Waals surface area contributed by atoms with Crippen molar-refractivity contribution in [2.24, 2.45) is 0 Å². The molecular formula is C26H21N3O4. The highest BCUT2D eigenvalue weighted by Crippen LogP contribution is 2.32. The van der Waals surface area contributed by atoms with E-state index in [0.29, 0.717) is 6.54 Å². The van der Waals surface area contributed by atoms with Gasteiger partial charge in [0.25, 0.3) is 23.6 Å². The molecule has 0 fully saturated rings. The molecule has 0 aromatic heterocycles. The van der Waals surface area contributed by atoms with Gasteiger partial charge in [-0.1, -0.05) is 42.5 Å². The summed E-state index contributed by atoms with van der Waals surface area (Å²) in [6.45, 7) is 2.58. The minimum atomic E-state index is -1.11. The van der Waals surface area contributed by atoms with Crippen molar-refractivity contribution in [1.82, 2.24) is 9.80 Å². The number of likely N-dealkylation sites (N-methyl/N-ethyl adjacent to an activating group) is 1. The Morgan fingerprint density at radius 1 is 0.606 bits per heavy atom. The second-order valence-corrected chi connectivity index (χ2v) is 7.91. The Labute approximate surface area is 190 Å². The van der Waals surface area contributed by atoms with E-state index in [-0.39, 0.29) is 28.8 Å². The molecule has 0 aliphatic carbocycles. The first-order valence-corrected chi connectivity index (χ1v) is 10.8. The molecule has 5 rings (SSSR count). The van der Waals surface area contributed by atoms with E-state index < -0.39 is 29.8 Å². The van der Waals surface area contributed by atoms with E-state index in [2.05, 4.69) is 0 Å². The van der Waals surface area contributed by atoms with Gasteiger partial charge in [-0.05, 0) is 43.3 Å². The van der Waals surface area contributed by atoms with Crippen molar-refractivity contribution in [3.8, 4) is 0 Å². The lowest BCUT2D eigenvalue weighted by Gasteiger charge is -2.37. The SMILES string of the molecule is CCN(CC(N1C(=O)c2ccccc2C1=O)N1C(=O)c2ccccc2C1=O)c1ccccc1. The number of amides is 4. The van der Waals surface area contributed by atoms with Crippen LogP contribution >= 0.6 is 0 Å². The predicted octanol–water partition coefficient (Wildman–Crippen LogP) is 3.43. The molecule has 0 bridgehead atoms. The van der Waals surface area contributed by atoms with Crippen LogP contribution in [0.4, 0.5) is 5.69 Å². The van der Waals surface area contributed by atoms with Crippen LogP contribution in [0.15, 0.2) is 78.9 Å². The molecule has 7 heteroatoms. The van der Waals surface area contributed by atoms with Crippen LogP contribution in [0.3, 0.4) is 0 Å². The first kappa shape index (κ1) is 20.6. The van der Waals surface area contributed by atoms with Crippen molar-refractivity contribution in [1.29, 1.82) is 0 Å². The Hall–Kier alpha value is -4.26. The Bertz CT molecular complexity index is 1140. The van der Waals surface area contributed by atoms with Gasteiger partial charge in [-0.3, -0.25) is 29.0 Å². The molecule has 7 nitrogen and oxygen atoms in total. The largest absolute Gasteiger partial charge is 0.368 e. The van der Waals surface area contributed by atoms with Crippen molar-refractivity contribution < 1.29 is 19.2 Å². The number of anilines is 1. The Balaban J connectivity index is 1.60. The van der Waals surface area contributed by atoms with Gasteiger partial charge in [-0.2, -0.15) is 0 Å². The van der Waals surface area contributed by atoms with E-state index in [1.165, 1.54) is 0 Å². The third-order valence-electron chi connectivity index (χ3n) is 6.13. The molecular weight excluding hydrogens is 418 g/mol. The summed E-state index contributed by atoms with van der Waals surface area (Å²) >= 11 is 0. The summed E-state index contributed by atoms with van der Waals surface area (Å²) in [7, 11) is 0. The molecule has 164 valence electrons. The zero-order valence-corrected chi connectivity index (χ0v) is 18.0. The zero-order chi connectivity index (χ0) is 23.1. The first-order chi connectivity index (χ1) is 16.0. The molecule has 33 heavy (non-hydrogen) atoms. The number of carbonyl (C=O) groups is 4. The monoisotopic (exact) mass is 439 g/mol. The molecule has 4 amide bonds. The highest BCUT2D eigenvalue weighted by Gasteiger charge is 2.49. The molecule has 0 radical (unpaired) electrons.